The minimum absolute atomic E-state index is 0.263. The van der Waals surface area contributed by atoms with E-state index in [4.69, 9.17) is 0 Å². The average molecular weight is 1840 g/mol. The number of aryl methyl sites for hydroxylation is 4. The molecular weight excluding hydrogens is 1740 g/mol. The van der Waals surface area contributed by atoms with E-state index in [0.717, 1.165) is 213 Å². The Morgan fingerprint density at radius 2 is 0.345 bits per heavy atom. The molecule has 0 aliphatic heterocycles. The van der Waals surface area contributed by atoms with E-state index in [-0.39, 0.29) is 23.3 Å². The zero-order valence-corrected chi connectivity index (χ0v) is 78.9. The number of hydrogen-bond donors (Lipinski definition) is 0. The molecule has 0 aliphatic rings. The maximum atomic E-state index is 14.4. The average Bonchev–Trinajstić information content (AvgIpc) is 0.720. The summed E-state index contributed by atoms with van der Waals surface area (Å²) in [6, 6.07) is 167. The standard InChI is InChI=1S/C68H50F2N2.C66H46F2N2/c1-3-45-15-31-59(32-16-45)71(61-41-53(47-11-7-5-8-12-47)39-55(43-61)49-19-27-57(69)28-20-49)65-37-25-51-24-36-64-66(38-26-52-23-35-63(65)67(51)68(52)64)72(60-33-17-46(4-2)18-34-60)62-42-54(48-13-9-6-10-14-48)40-56(44-62)50-21-29-58(70)30-22-50;1-43-13-29-57(30-14-43)69(59-39-51(45-9-5-3-6-10-45)37-53(41-59)47-17-25-55(67)26-18-47)63-35-23-49-22-34-62-64(36-24-50-21-33-61(63)65(49)66(50)62)70(58-31-15-44(2)16-32-58)60-40-52(46-11-7-4-8-12-46)38-54(42-60)48-19-27-56(68)28-20-48/h5-44H,3-4H2,1-2H3;3-42H,1-2H3. The zero-order chi connectivity index (χ0) is 96.0. The first kappa shape index (κ1) is 88.3. The van der Waals surface area contributed by atoms with E-state index in [2.05, 4.69) is 411 Å². The molecule has 0 amide bonds. The van der Waals surface area contributed by atoms with Crippen molar-refractivity contribution in [2.24, 2.45) is 0 Å². The molecule has 24 aromatic carbocycles. The second-order valence-electron chi connectivity index (χ2n) is 36.8. The van der Waals surface area contributed by atoms with Gasteiger partial charge in [-0.15, -0.1) is 0 Å². The molecule has 680 valence electrons. The van der Waals surface area contributed by atoms with E-state index in [1.807, 2.05) is 72.8 Å². The van der Waals surface area contributed by atoms with Crippen molar-refractivity contribution in [3.8, 4) is 89.0 Å². The third-order valence-corrected chi connectivity index (χ3v) is 27.8. The lowest BCUT2D eigenvalue weighted by Crippen LogP contribution is -2.12. The first-order valence-corrected chi connectivity index (χ1v) is 48.5. The van der Waals surface area contributed by atoms with Crippen molar-refractivity contribution in [2.75, 3.05) is 19.6 Å². The monoisotopic (exact) mass is 1840 g/mol. The summed E-state index contributed by atoms with van der Waals surface area (Å²) >= 11 is 0. The van der Waals surface area contributed by atoms with Gasteiger partial charge in [0.05, 0.1) is 22.7 Å². The van der Waals surface area contributed by atoms with Crippen LogP contribution in [0.3, 0.4) is 0 Å². The van der Waals surface area contributed by atoms with Gasteiger partial charge >= 0.3 is 0 Å². The van der Waals surface area contributed by atoms with Crippen molar-refractivity contribution >= 4 is 133 Å². The zero-order valence-electron chi connectivity index (χ0n) is 78.9. The molecule has 0 aliphatic carbocycles. The first-order chi connectivity index (χ1) is 69.7. The summed E-state index contributed by atoms with van der Waals surface area (Å²) in [6.07, 6.45) is 1.87. The summed E-state index contributed by atoms with van der Waals surface area (Å²) in [5.74, 6) is -1.06. The molecule has 0 N–H and O–H groups in total. The van der Waals surface area contributed by atoms with E-state index in [1.54, 1.807) is 0 Å². The van der Waals surface area contributed by atoms with Gasteiger partial charge in [0.2, 0.25) is 0 Å². The SMILES string of the molecule is CCc1ccc(N(c2cc(-c3ccccc3)cc(-c3ccc(F)cc3)c2)c2ccc3ccc4c(N(c5ccc(CC)cc5)c5cc(-c6ccccc6)cc(-c6ccc(F)cc6)c5)ccc5ccc2c3c54)cc1.Cc1ccc(N(c2cc(-c3ccccc3)cc(-c3ccc(F)cc3)c2)c2ccc3ccc4c(N(c5ccc(C)cc5)c5cc(-c6ccccc6)cc(-c6ccc(F)cc6)c5)ccc5ccc2c3c54)cc1. The summed E-state index contributed by atoms with van der Waals surface area (Å²) < 4.78 is 57.5. The molecule has 0 saturated carbocycles. The van der Waals surface area contributed by atoms with Crippen molar-refractivity contribution in [3.63, 3.8) is 0 Å². The molecule has 0 heterocycles. The highest BCUT2D eigenvalue weighted by Crippen LogP contribution is 2.54. The van der Waals surface area contributed by atoms with Crippen LogP contribution in [0.4, 0.5) is 85.8 Å². The minimum Gasteiger partial charge on any atom is -0.310 e. The molecule has 0 saturated heterocycles. The van der Waals surface area contributed by atoms with Gasteiger partial charge in [-0.1, -0.05) is 316 Å². The van der Waals surface area contributed by atoms with Crippen LogP contribution in [-0.4, -0.2) is 0 Å². The molecule has 142 heavy (non-hydrogen) atoms. The Bertz CT molecular complexity index is 8210. The second kappa shape index (κ2) is 38.0. The maximum absolute atomic E-state index is 14.4. The fourth-order valence-electron chi connectivity index (χ4n) is 20.6. The van der Waals surface area contributed by atoms with Crippen LogP contribution >= 0.6 is 0 Å². The molecule has 8 heteroatoms. The molecule has 0 bridgehead atoms. The molecule has 24 aromatic rings. The van der Waals surface area contributed by atoms with E-state index < -0.39 is 0 Å². The highest BCUT2D eigenvalue weighted by Gasteiger charge is 2.29. The smallest absolute Gasteiger partial charge is 0.123 e. The van der Waals surface area contributed by atoms with Crippen molar-refractivity contribution in [1.82, 2.24) is 0 Å². The Morgan fingerprint density at radius 1 is 0.162 bits per heavy atom. The Hall–Kier alpha value is -17.7. The molecule has 0 aromatic heterocycles. The molecule has 0 fully saturated rings. The molecule has 24 rings (SSSR count). The van der Waals surface area contributed by atoms with Crippen LogP contribution in [0.5, 0.6) is 0 Å². The van der Waals surface area contributed by atoms with E-state index in [9.17, 15) is 17.6 Å². The lowest BCUT2D eigenvalue weighted by Gasteiger charge is -2.30. The largest absolute Gasteiger partial charge is 0.310 e. The van der Waals surface area contributed by atoms with E-state index in [0.29, 0.717) is 0 Å². The summed E-state index contributed by atoms with van der Waals surface area (Å²) in [4.78, 5) is 9.52. The third-order valence-electron chi connectivity index (χ3n) is 27.8. The van der Waals surface area contributed by atoms with Crippen LogP contribution in [0.1, 0.15) is 36.1 Å². The Balaban J connectivity index is 0.000000158. The predicted molar refractivity (Wildman–Crippen MR) is 591 cm³/mol. The van der Waals surface area contributed by atoms with Crippen LogP contribution in [0.15, 0.2) is 485 Å². The normalized spacial score (nSPS) is 11.4. The van der Waals surface area contributed by atoms with Gasteiger partial charge in [-0.25, -0.2) is 17.6 Å². The summed E-state index contributed by atoms with van der Waals surface area (Å²) in [6.45, 7) is 8.61. The van der Waals surface area contributed by atoms with Gasteiger partial charge in [0.15, 0.2) is 0 Å². The van der Waals surface area contributed by atoms with E-state index >= 15 is 0 Å². The van der Waals surface area contributed by atoms with Gasteiger partial charge in [-0.3, -0.25) is 0 Å². The molecular formula is C134H96F4N4. The van der Waals surface area contributed by atoms with Gasteiger partial charge in [-0.05, 0) is 364 Å². The van der Waals surface area contributed by atoms with Gasteiger partial charge in [-0.2, -0.15) is 0 Å². The van der Waals surface area contributed by atoms with Crippen LogP contribution in [-0.2, 0) is 12.8 Å². The number of nitrogens with zero attached hydrogens (tertiary/aromatic N) is 4. The van der Waals surface area contributed by atoms with Crippen LogP contribution in [0.2, 0.25) is 0 Å². The molecule has 0 radical (unpaired) electrons. The number of anilines is 12. The van der Waals surface area contributed by atoms with Gasteiger partial charge in [0.25, 0.3) is 0 Å². The summed E-state index contributed by atoms with van der Waals surface area (Å²) in [5.41, 5.74) is 33.5. The lowest BCUT2D eigenvalue weighted by molar-refractivity contribution is 0.627. The van der Waals surface area contributed by atoms with Gasteiger partial charge in [0.1, 0.15) is 23.3 Å². The summed E-state index contributed by atoms with van der Waals surface area (Å²) in [7, 11) is 0. The topological polar surface area (TPSA) is 13.0 Å². The Kier molecular flexibility index (Phi) is 23.6. The van der Waals surface area contributed by atoms with Gasteiger partial charge < -0.3 is 19.6 Å². The Morgan fingerprint density at radius 3 is 0.542 bits per heavy atom. The number of hydrogen-bond acceptors (Lipinski definition) is 4. The van der Waals surface area contributed by atoms with Crippen LogP contribution in [0.25, 0.3) is 154 Å². The van der Waals surface area contributed by atoms with Crippen molar-refractivity contribution < 1.29 is 17.6 Å². The van der Waals surface area contributed by atoms with Crippen molar-refractivity contribution in [2.45, 2.75) is 40.5 Å². The van der Waals surface area contributed by atoms with Crippen molar-refractivity contribution in [3.05, 3.63) is 531 Å². The van der Waals surface area contributed by atoms with Crippen molar-refractivity contribution in [1.29, 1.82) is 0 Å². The van der Waals surface area contributed by atoms with E-state index in [1.165, 1.54) is 92.3 Å². The first-order valence-electron chi connectivity index (χ1n) is 48.5. The predicted octanol–water partition coefficient (Wildman–Crippen LogP) is 38.7. The molecule has 0 unspecified atom stereocenters. The third kappa shape index (κ3) is 17.3. The Labute approximate surface area is 824 Å². The second-order valence-corrected chi connectivity index (χ2v) is 36.8. The lowest BCUT2D eigenvalue weighted by atomic mass is 9.91. The maximum Gasteiger partial charge on any atom is 0.123 e. The fraction of sp³-hybridized carbons (Fsp3) is 0.0448. The molecule has 4 nitrogen and oxygen atoms in total. The molecule has 0 atom stereocenters. The van der Waals surface area contributed by atoms with Gasteiger partial charge in [0, 0.05) is 67.0 Å². The number of benzene rings is 24. The number of halogens is 4. The highest BCUT2D eigenvalue weighted by molar-refractivity contribution is 6.30. The van der Waals surface area contributed by atoms with Crippen LogP contribution in [0, 0.1) is 37.1 Å². The minimum atomic E-state index is -0.265. The molecule has 0 spiro atoms. The number of rotatable bonds is 22. The highest BCUT2D eigenvalue weighted by atomic mass is 19.1. The fourth-order valence-corrected chi connectivity index (χ4v) is 20.6. The summed E-state index contributed by atoms with van der Waals surface area (Å²) in [5, 5.41) is 13.8. The quantitative estimate of drug-likeness (QED) is 0.0495. The van der Waals surface area contributed by atoms with Crippen LogP contribution < -0.4 is 19.6 Å².